The van der Waals surface area contributed by atoms with E-state index in [1.165, 1.54) is 13.0 Å². The number of nitro groups is 1. The zero-order chi connectivity index (χ0) is 14.0. The van der Waals surface area contributed by atoms with Gasteiger partial charge in [0.1, 0.15) is 0 Å². The van der Waals surface area contributed by atoms with Crippen LogP contribution in [0.1, 0.15) is 17.0 Å². The van der Waals surface area contributed by atoms with Gasteiger partial charge in [-0.15, -0.1) is 0 Å². The van der Waals surface area contributed by atoms with E-state index in [0.29, 0.717) is 15.6 Å². The molecule has 98 valence electrons. The second kappa shape index (κ2) is 5.42. The number of aryl methyl sites for hydroxylation is 1. The van der Waals surface area contributed by atoms with Crippen molar-refractivity contribution in [3.8, 4) is 0 Å². The molecule has 0 saturated carbocycles. The Morgan fingerprint density at radius 1 is 1.37 bits per heavy atom. The third-order valence-electron chi connectivity index (χ3n) is 2.42. The summed E-state index contributed by atoms with van der Waals surface area (Å²) in [5.74, 6) is 0.0773. The zero-order valence-electron chi connectivity index (χ0n) is 9.76. The SMILES string of the molecule is Cc1noc(C=Cc2ccc(Cl)cc2Cl)c1[N+](=O)[O-]. The maximum atomic E-state index is 10.9. The van der Waals surface area contributed by atoms with Crippen LogP contribution in [0.2, 0.25) is 10.0 Å². The van der Waals surface area contributed by atoms with Crippen molar-refractivity contribution in [3.05, 3.63) is 55.4 Å². The summed E-state index contributed by atoms with van der Waals surface area (Å²) in [5.41, 5.74) is 0.752. The Hall–Kier alpha value is -1.85. The molecule has 0 bridgehead atoms. The van der Waals surface area contributed by atoms with Crippen LogP contribution in [0.15, 0.2) is 22.7 Å². The molecule has 1 aromatic carbocycles. The van der Waals surface area contributed by atoms with E-state index in [1.807, 2.05) is 0 Å². The summed E-state index contributed by atoms with van der Waals surface area (Å²) in [7, 11) is 0. The maximum Gasteiger partial charge on any atom is 0.338 e. The van der Waals surface area contributed by atoms with Crippen molar-refractivity contribution in [1.82, 2.24) is 5.16 Å². The molecule has 7 heteroatoms. The highest BCUT2D eigenvalue weighted by Gasteiger charge is 2.21. The Morgan fingerprint density at radius 2 is 2.11 bits per heavy atom. The summed E-state index contributed by atoms with van der Waals surface area (Å²) in [6, 6.07) is 4.96. The number of nitrogens with zero attached hydrogens (tertiary/aromatic N) is 2. The van der Waals surface area contributed by atoms with Gasteiger partial charge in [0, 0.05) is 10.0 Å². The molecule has 19 heavy (non-hydrogen) atoms. The van der Waals surface area contributed by atoms with Crippen molar-refractivity contribution in [2.45, 2.75) is 6.92 Å². The van der Waals surface area contributed by atoms with Gasteiger partial charge in [-0.1, -0.05) is 34.4 Å². The minimum atomic E-state index is -0.533. The van der Waals surface area contributed by atoms with Gasteiger partial charge in [0.25, 0.3) is 0 Å². The highest BCUT2D eigenvalue weighted by Crippen LogP contribution is 2.27. The summed E-state index contributed by atoms with van der Waals surface area (Å²) < 4.78 is 4.89. The molecule has 0 atom stereocenters. The van der Waals surface area contributed by atoms with E-state index in [9.17, 15) is 10.1 Å². The van der Waals surface area contributed by atoms with Crippen LogP contribution in [0.5, 0.6) is 0 Å². The molecule has 1 aromatic heterocycles. The molecule has 0 unspecified atom stereocenters. The monoisotopic (exact) mass is 298 g/mol. The lowest BCUT2D eigenvalue weighted by molar-refractivity contribution is -0.386. The first-order valence-corrected chi connectivity index (χ1v) is 5.98. The molecule has 2 rings (SSSR count). The molecule has 0 aliphatic rings. The van der Waals surface area contributed by atoms with Crippen molar-refractivity contribution in [2.24, 2.45) is 0 Å². The Morgan fingerprint density at radius 3 is 2.74 bits per heavy atom. The van der Waals surface area contributed by atoms with Gasteiger partial charge in [0.15, 0.2) is 5.69 Å². The standard InChI is InChI=1S/C12H8Cl2N2O3/c1-7-12(16(17)18)11(19-15-7)5-3-8-2-4-9(13)6-10(8)14/h2-6H,1H3. The number of hydrogen-bond acceptors (Lipinski definition) is 4. The van der Waals surface area contributed by atoms with Crippen molar-refractivity contribution < 1.29 is 9.45 Å². The lowest BCUT2D eigenvalue weighted by Crippen LogP contribution is -1.90. The van der Waals surface area contributed by atoms with Gasteiger partial charge in [0.05, 0.1) is 4.92 Å². The lowest BCUT2D eigenvalue weighted by Gasteiger charge is -1.97. The molecule has 2 aromatic rings. The van der Waals surface area contributed by atoms with Gasteiger partial charge in [-0.05, 0) is 36.8 Å². The molecular formula is C12H8Cl2N2O3. The zero-order valence-corrected chi connectivity index (χ0v) is 11.3. The van der Waals surface area contributed by atoms with Gasteiger partial charge >= 0.3 is 5.69 Å². The molecule has 5 nitrogen and oxygen atoms in total. The van der Waals surface area contributed by atoms with Gasteiger partial charge in [-0.25, -0.2) is 0 Å². The van der Waals surface area contributed by atoms with Crippen LogP contribution in [-0.4, -0.2) is 10.1 Å². The second-order valence-electron chi connectivity index (χ2n) is 3.74. The summed E-state index contributed by atoms with van der Waals surface area (Å²) in [6.07, 6.45) is 3.05. The average Bonchev–Trinajstić information content (AvgIpc) is 2.69. The molecule has 0 N–H and O–H groups in total. The Labute approximate surface area is 118 Å². The molecular weight excluding hydrogens is 291 g/mol. The summed E-state index contributed by atoms with van der Waals surface area (Å²) in [5, 5.41) is 15.4. The van der Waals surface area contributed by atoms with Crippen LogP contribution < -0.4 is 0 Å². The van der Waals surface area contributed by atoms with E-state index in [1.54, 1.807) is 24.3 Å². The molecule has 0 saturated heterocycles. The fourth-order valence-electron chi connectivity index (χ4n) is 1.52. The van der Waals surface area contributed by atoms with Crippen molar-refractivity contribution in [3.63, 3.8) is 0 Å². The highest BCUT2D eigenvalue weighted by molar-refractivity contribution is 6.35. The molecule has 0 fully saturated rings. The molecule has 0 aliphatic heterocycles. The third kappa shape index (κ3) is 2.94. The lowest BCUT2D eigenvalue weighted by atomic mass is 10.2. The average molecular weight is 299 g/mol. The quantitative estimate of drug-likeness (QED) is 0.623. The summed E-state index contributed by atoms with van der Waals surface area (Å²) >= 11 is 11.8. The van der Waals surface area contributed by atoms with E-state index in [0.717, 1.165) is 0 Å². The van der Waals surface area contributed by atoms with Gasteiger partial charge in [-0.3, -0.25) is 10.1 Å². The largest absolute Gasteiger partial charge is 0.349 e. The molecule has 0 radical (unpaired) electrons. The third-order valence-corrected chi connectivity index (χ3v) is 2.98. The predicted molar refractivity (Wildman–Crippen MR) is 73.3 cm³/mol. The van der Waals surface area contributed by atoms with Crippen molar-refractivity contribution in [1.29, 1.82) is 0 Å². The number of halogens is 2. The van der Waals surface area contributed by atoms with Crippen LogP contribution in [0.25, 0.3) is 12.2 Å². The van der Waals surface area contributed by atoms with Gasteiger partial charge in [0.2, 0.25) is 5.76 Å². The number of rotatable bonds is 3. The molecule has 0 amide bonds. The Bertz CT molecular complexity index is 665. The van der Waals surface area contributed by atoms with E-state index < -0.39 is 4.92 Å². The molecule has 0 aliphatic carbocycles. The minimum absolute atomic E-state index is 0.0773. The van der Waals surface area contributed by atoms with Crippen LogP contribution in [-0.2, 0) is 0 Å². The first kappa shape index (κ1) is 13.6. The number of benzene rings is 1. The Kier molecular flexibility index (Phi) is 3.87. The molecule has 0 spiro atoms. The normalized spacial score (nSPS) is 11.1. The maximum absolute atomic E-state index is 10.9. The van der Waals surface area contributed by atoms with Crippen LogP contribution in [0, 0.1) is 17.0 Å². The minimum Gasteiger partial charge on any atom is -0.349 e. The van der Waals surface area contributed by atoms with Crippen LogP contribution in [0.3, 0.4) is 0 Å². The summed E-state index contributed by atoms with van der Waals surface area (Å²) in [6.45, 7) is 1.51. The highest BCUT2D eigenvalue weighted by atomic mass is 35.5. The smallest absolute Gasteiger partial charge is 0.338 e. The van der Waals surface area contributed by atoms with E-state index in [2.05, 4.69) is 5.16 Å². The van der Waals surface area contributed by atoms with Crippen molar-refractivity contribution in [2.75, 3.05) is 0 Å². The topological polar surface area (TPSA) is 69.2 Å². The predicted octanol–water partition coefficient (Wildman–Crippen LogP) is 4.37. The van der Waals surface area contributed by atoms with E-state index in [-0.39, 0.29) is 17.1 Å². The van der Waals surface area contributed by atoms with Crippen molar-refractivity contribution >= 4 is 41.0 Å². The van der Waals surface area contributed by atoms with E-state index in [4.69, 9.17) is 27.7 Å². The first-order valence-electron chi connectivity index (χ1n) is 5.23. The number of hydrogen-bond donors (Lipinski definition) is 0. The summed E-state index contributed by atoms with van der Waals surface area (Å²) in [4.78, 5) is 10.3. The van der Waals surface area contributed by atoms with E-state index >= 15 is 0 Å². The second-order valence-corrected chi connectivity index (χ2v) is 4.58. The Balaban J connectivity index is 2.35. The fourth-order valence-corrected chi connectivity index (χ4v) is 1.99. The first-order chi connectivity index (χ1) is 8.99. The van der Waals surface area contributed by atoms with Gasteiger partial charge < -0.3 is 4.52 Å². The fraction of sp³-hybridized carbons (Fsp3) is 0.0833. The van der Waals surface area contributed by atoms with Gasteiger partial charge in [-0.2, -0.15) is 0 Å². The molecule has 1 heterocycles. The van der Waals surface area contributed by atoms with Crippen LogP contribution >= 0.6 is 23.2 Å². The number of aromatic nitrogens is 1. The van der Waals surface area contributed by atoms with Crippen LogP contribution in [0.4, 0.5) is 5.69 Å².